The number of benzene rings is 1. The van der Waals surface area contributed by atoms with Crippen LogP contribution in [0.1, 0.15) is 40.0 Å². The average molecular weight is 450 g/mol. The molecule has 0 aromatic heterocycles. The van der Waals surface area contributed by atoms with Gasteiger partial charge in [0.2, 0.25) is 0 Å². The number of ether oxygens (including phenoxy) is 4. The van der Waals surface area contributed by atoms with Crippen LogP contribution in [0.3, 0.4) is 0 Å². The molecule has 6 atom stereocenters. The molecule has 2 aliphatic heterocycles. The zero-order valence-electron chi connectivity index (χ0n) is 18.7. The van der Waals surface area contributed by atoms with Gasteiger partial charge in [-0.25, -0.2) is 0 Å². The standard InChI is InChI=1S/C24H32ClNO5/c1-15(2)5-10-19-23(3,31-19)22-21(28-4)18(11-12-24(22)14-29-24)30-20(27)13-26-17-8-6-16(25)7-9-17/h5-9,18-19,21-22,26H,10-14H2,1-4H3/t18-,19-,21-,22-,23-,24+/m1/s1. The number of allylic oxidation sites excluding steroid dienone is 1. The normalized spacial score (nSPS) is 36.0. The van der Waals surface area contributed by atoms with Crippen LogP contribution < -0.4 is 5.32 Å². The van der Waals surface area contributed by atoms with Crippen molar-refractivity contribution in [3.8, 4) is 0 Å². The highest BCUT2D eigenvalue weighted by Gasteiger charge is 2.72. The fourth-order valence-corrected chi connectivity index (χ4v) is 5.15. The lowest BCUT2D eigenvalue weighted by Gasteiger charge is -2.42. The zero-order valence-corrected chi connectivity index (χ0v) is 19.4. The quantitative estimate of drug-likeness (QED) is 0.361. The molecular formula is C24H32ClNO5. The van der Waals surface area contributed by atoms with Crippen LogP contribution in [0.25, 0.3) is 0 Å². The van der Waals surface area contributed by atoms with Gasteiger partial charge in [-0.2, -0.15) is 0 Å². The molecule has 0 unspecified atom stereocenters. The highest BCUT2D eigenvalue weighted by Crippen LogP contribution is 2.59. The summed E-state index contributed by atoms with van der Waals surface area (Å²) in [5.41, 5.74) is 1.54. The van der Waals surface area contributed by atoms with Crippen molar-refractivity contribution in [3.63, 3.8) is 0 Å². The van der Waals surface area contributed by atoms with E-state index in [9.17, 15) is 4.79 Å². The summed E-state index contributed by atoms with van der Waals surface area (Å²) in [6.07, 6.45) is 4.18. The fourth-order valence-electron chi connectivity index (χ4n) is 5.02. The third kappa shape index (κ3) is 4.77. The van der Waals surface area contributed by atoms with Gasteiger partial charge in [-0.1, -0.05) is 23.3 Å². The van der Waals surface area contributed by atoms with E-state index in [2.05, 4.69) is 32.2 Å². The minimum Gasteiger partial charge on any atom is -0.458 e. The van der Waals surface area contributed by atoms with Gasteiger partial charge < -0.3 is 24.3 Å². The molecule has 1 aliphatic carbocycles. The van der Waals surface area contributed by atoms with Crippen molar-refractivity contribution >= 4 is 23.3 Å². The highest BCUT2D eigenvalue weighted by molar-refractivity contribution is 6.30. The lowest BCUT2D eigenvalue weighted by Crippen LogP contribution is -2.55. The van der Waals surface area contributed by atoms with Gasteiger partial charge in [0.05, 0.1) is 18.6 Å². The molecule has 0 amide bonds. The minimum absolute atomic E-state index is 0.0244. The third-order valence-electron chi connectivity index (χ3n) is 6.80. The van der Waals surface area contributed by atoms with Crippen LogP contribution in [-0.4, -0.2) is 55.7 Å². The first kappa shape index (κ1) is 22.6. The molecule has 1 saturated carbocycles. The van der Waals surface area contributed by atoms with Gasteiger partial charge in [0.1, 0.15) is 30.0 Å². The SMILES string of the molecule is CO[C@@H]1[C@H](OC(=O)CNc2ccc(Cl)cc2)CC[C@]2(CO2)[C@H]1[C@]1(C)O[C@@H]1CC=C(C)C. The Labute approximate surface area is 189 Å². The first-order chi connectivity index (χ1) is 14.8. The molecule has 3 fully saturated rings. The van der Waals surface area contributed by atoms with Gasteiger partial charge in [-0.3, -0.25) is 4.79 Å². The third-order valence-corrected chi connectivity index (χ3v) is 7.05. The van der Waals surface area contributed by atoms with E-state index in [1.165, 1.54) is 5.57 Å². The maximum Gasteiger partial charge on any atom is 0.325 e. The van der Waals surface area contributed by atoms with Gasteiger partial charge in [-0.05, 0) is 64.3 Å². The second-order valence-electron chi connectivity index (χ2n) is 9.27. The van der Waals surface area contributed by atoms with Gasteiger partial charge in [0.15, 0.2) is 0 Å². The summed E-state index contributed by atoms with van der Waals surface area (Å²) >= 11 is 5.91. The lowest BCUT2D eigenvalue weighted by atomic mass is 9.68. The summed E-state index contributed by atoms with van der Waals surface area (Å²) < 4.78 is 23.9. The van der Waals surface area contributed by atoms with Gasteiger partial charge in [0, 0.05) is 17.8 Å². The summed E-state index contributed by atoms with van der Waals surface area (Å²) in [5.74, 6) is -0.285. The number of halogens is 1. The van der Waals surface area contributed by atoms with Crippen LogP contribution in [0.2, 0.25) is 5.02 Å². The number of carbonyl (C=O) groups excluding carboxylic acids is 1. The Morgan fingerprint density at radius 1 is 1.32 bits per heavy atom. The summed E-state index contributed by atoms with van der Waals surface area (Å²) in [6.45, 7) is 7.13. The molecule has 1 aromatic carbocycles. The molecule has 6 nitrogen and oxygen atoms in total. The van der Waals surface area contributed by atoms with Crippen molar-refractivity contribution in [2.75, 3.05) is 25.6 Å². The number of rotatable bonds is 8. The first-order valence-corrected chi connectivity index (χ1v) is 11.3. The molecule has 2 saturated heterocycles. The van der Waals surface area contributed by atoms with Crippen LogP contribution >= 0.6 is 11.6 Å². The largest absolute Gasteiger partial charge is 0.458 e. The van der Waals surface area contributed by atoms with Crippen LogP contribution in [0.5, 0.6) is 0 Å². The monoisotopic (exact) mass is 449 g/mol. The van der Waals surface area contributed by atoms with Crippen LogP contribution in [0.15, 0.2) is 35.9 Å². The first-order valence-electron chi connectivity index (χ1n) is 10.9. The molecule has 2 heterocycles. The Kier molecular flexibility index (Phi) is 6.37. The number of carbonyl (C=O) groups is 1. The molecule has 0 bridgehead atoms. The number of nitrogens with one attached hydrogen (secondary N) is 1. The fraction of sp³-hybridized carbons (Fsp3) is 0.625. The Hall–Kier alpha value is -1.60. The Bertz CT molecular complexity index is 833. The van der Waals surface area contributed by atoms with Crippen LogP contribution in [0, 0.1) is 5.92 Å². The maximum absolute atomic E-state index is 12.6. The van der Waals surface area contributed by atoms with Gasteiger partial charge >= 0.3 is 5.97 Å². The summed E-state index contributed by atoms with van der Waals surface area (Å²) in [5, 5.41) is 3.73. The van der Waals surface area contributed by atoms with Gasteiger partial charge in [-0.15, -0.1) is 0 Å². The molecule has 0 radical (unpaired) electrons. The van der Waals surface area contributed by atoms with E-state index >= 15 is 0 Å². The molecule has 170 valence electrons. The maximum atomic E-state index is 12.6. The van der Waals surface area contributed by atoms with E-state index in [1.807, 2.05) is 12.1 Å². The van der Waals surface area contributed by atoms with Gasteiger partial charge in [0.25, 0.3) is 0 Å². The topological polar surface area (TPSA) is 72.6 Å². The molecular weight excluding hydrogens is 418 g/mol. The number of epoxide rings is 2. The van der Waals surface area contributed by atoms with E-state index in [0.717, 1.165) is 24.9 Å². The Morgan fingerprint density at radius 3 is 2.65 bits per heavy atom. The second-order valence-corrected chi connectivity index (χ2v) is 9.70. The smallest absolute Gasteiger partial charge is 0.325 e. The minimum atomic E-state index is -0.338. The molecule has 1 aromatic rings. The van der Waals surface area contributed by atoms with Crippen molar-refractivity contribution in [1.29, 1.82) is 0 Å². The molecule has 31 heavy (non-hydrogen) atoms. The van der Waals surface area contributed by atoms with Crippen LogP contribution in [0.4, 0.5) is 5.69 Å². The lowest BCUT2D eigenvalue weighted by molar-refractivity contribution is -0.170. The molecule has 4 rings (SSSR count). The average Bonchev–Trinajstić information content (AvgIpc) is 3.65. The van der Waals surface area contributed by atoms with E-state index in [0.29, 0.717) is 11.6 Å². The molecule has 1 spiro atoms. The predicted octanol–water partition coefficient (Wildman–Crippen LogP) is 4.37. The predicted molar refractivity (Wildman–Crippen MR) is 119 cm³/mol. The van der Waals surface area contributed by atoms with Crippen molar-refractivity contribution in [2.45, 2.75) is 69.5 Å². The number of esters is 1. The summed E-state index contributed by atoms with van der Waals surface area (Å²) in [4.78, 5) is 12.6. The Morgan fingerprint density at radius 2 is 2.03 bits per heavy atom. The van der Waals surface area contributed by atoms with E-state index in [-0.39, 0.29) is 47.9 Å². The van der Waals surface area contributed by atoms with Crippen molar-refractivity contribution < 1.29 is 23.7 Å². The number of hydrogen-bond donors (Lipinski definition) is 1. The van der Waals surface area contributed by atoms with E-state index in [1.54, 1.807) is 19.2 Å². The van der Waals surface area contributed by atoms with Crippen molar-refractivity contribution in [1.82, 2.24) is 0 Å². The molecule has 7 heteroatoms. The highest BCUT2D eigenvalue weighted by atomic mass is 35.5. The Balaban J connectivity index is 1.40. The molecule has 1 N–H and O–H groups in total. The van der Waals surface area contributed by atoms with Crippen molar-refractivity contribution in [3.05, 3.63) is 40.9 Å². The van der Waals surface area contributed by atoms with Crippen molar-refractivity contribution in [2.24, 2.45) is 5.92 Å². The molecule has 3 aliphatic rings. The summed E-state index contributed by atoms with van der Waals surface area (Å²) in [7, 11) is 1.68. The zero-order chi connectivity index (χ0) is 22.2. The number of hydrogen-bond acceptors (Lipinski definition) is 6. The van der Waals surface area contributed by atoms with E-state index < -0.39 is 0 Å². The van der Waals surface area contributed by atoms with E-state index in [4.69, 9.17) is 30.5 Å². The summed E-state index contributed by atoms with van der Waals surface area (Å²) in [6, 6.07) is 7.21. The van der Waals surface area contributed by atoms with Crippen LogP contribution in [-0.2, 0) is 23.7 Å². The number of methoxy groups -OCH3 is 1. The second kappa shape index (κ2) is 8.74. The number of anilines is 1.